The Bertz CT molecular complexity index is 465. The van der Waals surface area contributed by atoms with Crippen molar-refractivity contribution in [1.29, 1.82) is 0 Å². The van der Waals surface area contributed by atoms with Gasteiger partial charge in [0.25, 0.3) is 6.43 Å². The zero-order valence-corrected chi connectivity index (χ0v) is 10.2. The average molecular weight is 268 g/mol. The Morgan fingerprint density at radius 2 is 1.95 bits per heavy atom. The Labute approximate surface area is 109 Å². The molecule has 1 aromatic rings. The first kappa shape index (κ1) is 13.5. The summed E-state index contributed by atoms with van der Waals surface area (Å²) >= 11 is 0. The van der Waals surface area contributed by atoms with Gasteiger partial charge in [0, 0.05) is 6.42 Å². The topological polar surface area (TPSA) is 49.4 Å². The number of amides is 2. The van der Waals surface area contributed by atoms with Gasteiger partial charge in [-0.05, 0) is 5.56 Å². The van der Waals surface area contributed by atoms with E-state index < -0.39 is 24.9 Å². The second-order valence-electron chi connectivity index (χ2n) is 4.36. The van der Waals surface area contributed by atoms with Crippen LogP contribution in [0.2, 0.25) is 0 Å². The largest absolute Gasteiger partial charge is 0.345 e. The summed E-state index contributed by atoms with van der Waals surface area (Å²) in [5, 5.41) is 2.43. The lowest BCUT2D eigenvalue weighted by Crippen LogP contribution is -2.60. The van der Waals surface area contributed by atoms with E-state index in [4.69, 9.17) is 0 Å². The molecule has 2 amide bonds. The molecule has 0 bridgehead atoms. The van der Waals surface area contributed by atoms with Crippen molar-refractivity contribution in [2.45, 2.75) is 18.9 Å². The third-order valence-electron chi connectivity index (χ3n) is 3.02. The van der Waals surface area contributed by atoms with Gasteiger partial charge in [0.2, 0.25) is 11.8 Å². The van der Waals surface area contributed by atoms with E-state index in [-0.39, 0.29) is 18.9 Å². The van der Waals surface area contributed by atoms with Gasteiger partial charge < -0.3 is 10.2 Å². The Morgan fingerprint density at radius 1 is 1.26 bits per heavy atom. The van der Waals surface area contributed by atoms with Crippen LogP contribution < -0.4 is 5.32 Å². The van der Waals surface area contributed by atoms with Gasteiger partial charge in [-0.1, -0.05) is 30.3 Å². The van der Waals surface area contributed by atoms with E-state index in [1.807, 2.05) is 6.07 Å². The van der Waals surface area contributed by atoms with Crippen molar-refractivity contribution in [1.82, 2.24) is 10.2 Å². The highest BCUT2D eigenvalue weighted by Crippen LogP contribution is 2.14. The molecule has 0 aliphatic carbocycles. The molecule has 19 heavy (non-hydrogen) atoms. The summed E-state index contributed by atoms with van der Waals surface area (Å²) in [6, 6.07) is 8.16. The highest BCUT2D eigenvalue weighted by atomic mass is 19.3. The second-order valence-corrected chi connectivity index (χ2v) is 4.36. The number of alkyl halides is 2. The van der Waals surface area contributed by atoms with E-state index >= 15 is 0 Å². The molecular weight excluding hydrogens is 254 g/mol. The van der Waals surface area contributed by atoms with E-state index in [1.165, 1.54) is 0 Å². The Balaban J connectivity index is 2.17. The molecule has 1 atom stereocenters. The molecule has 1 heterocycles. The molecule has 1 aromatic carbocycles. The summed E-state index contributed by atoms with van der Waals surface area (Å²) in [7, 11) is 0. The van der Waals surface area contributed by atoms with Crippen LogP contribution in [0.15, 0.2) is 30.3 Å². The molecule has 0 radical (unpaired) electrons. The van der Waals surface area contributed by atoms with E-state index in [0.717, 1.165) is 10.5 Å². The first-order valence-corrected chi connectivity index (χ1v) is 5.97. The molecule has 0 aromatic heterocycles. The fraction of sp³-hybridized carbons (Fsp3) is 0.385. The molecule has 102 valence electrons. The Morgan fingerprint density at radius 3 is 2.58 bits per heavy atom. The lowest BCUT2D eigenvalue weighted by molar-refractivity contribution is -0.147. The minimum Gasteiger partial charge on any atom is -0.345 e. The summed E-state index contributed by atoms with van der Waals surface area (Å²) < 4.78 is 25.0. The van der Waals surface area contributed by atoms with E-state index in [0.29, 0.717) is 0 Å². The lowest BCUT2D eigenvalue weighted by Gasteiger charge is -2.34. The van der Waals surface area contributed by atoms with Crippen LogP contribution in [-0.2, 0) is 16.0 Å². The van der Waals surface area contributed by atoms with Gasteiger partial charge in [-0.15, -0.1) is 0 Å². The minimum atomic E-state index is -2.65. The second kappa shape index (κ2) is 5.77. The number of benzene rings is 1. The molecule has 1 aliphatic heterocycles. The number of halogens is 2. The number of hydrogen-bond acceptors (Lipinski definition) is 2. The average Bonchev–Trinajstić information content (AvgIpc) is 2.39. The number of rotatable bonds is 4. The van der Waals surface area contributed by atoms with Crippen molar-refractivity contribution >= 4 is 11.8 Å². The van der Waals surface area contributed by atoms with Gasteiger partial charge in [-0.2, -0.15) is 0 Å². The smallest absolute Gasteiger partial charge is 0.255 e. The SMILES string of the molecule is O=C1NCC(=O)N(CC(F)F)C1Cc1ccccc1. The van der Waals surface area contributed by atoms with Crippen LogP contribution in [0, 0.1) is 0 Å². The molecule has 4 nitrogen and oxygen atoms in total. The summed E-state index contributed by atoms with van der Waals surface area (Å²) in [6.07, 6.45) is -2.40. The molecular formula is C13H14F2N2O2. The van der Waals surface area contributed by atoms with Crippen LogP contribution in [0.1, 0.15) is 5.56 Å². The van der Waals surface area contributed by atoms with Crippen molar-refractivity contribution in [2.24, 2.45) is 0 Å². The standard InChI is InChI=1S/C13H14F2N2O2/c14-11(15)8-17-10(13(19)16-7-12(17)18)6-9-4-2-1-3-5-9/h1-5,10-11H,6-8H2,(H,16,19). The molecule has 6 heteroatoms. The quantitative estimate of drug-likeness (QED) is 0.879. The highest BCUT2D eigenvalue weighted by Gasteiger charge is 2.35. The predicted octanol–water partition coefficient (Wildman–Crippen LogP) is 0.821. The number of piperazine rings is 1. The van der Waals surface area contributed by atoms with Crippen molar-refractivity contribution in [3.05, 3.63) is 35.9 Å². The highest BCUT2D eigenvalue weighted by molar-refractivity contribution is 5.95. The van der Waals surface area contributed by atoms with Gasteiger partial charge in [0.1, 0.15) is 6.04 Å². The monoisotopic (exact) mass is 268 g/mol. The minimum absolute atomic E-state index is 0.211. The molecule has 1 aliphatic rings. The maximum Gasteiger partial charge on any atom is 0.255 e. The fourth-order valence-electron chi connectivity index (χ4n) is 2.12. The maximum absolute atomic E-state index is 12.5. The molecule has 0 spiro atoms. The number of carbonyl (C=O) groups is 2. The molecule has 1 N–H and O–H groups in total. The van der Waals surface area contributed by atoms with Crippen LogP contribution in [0.5, 0.6) is 0 Å². The summed E-state index contributed by atoms with van der Waals surface area (Å²) in [5.74, 6) is -0.857. The third-order valence-corrected chi connectivity index (χ3v) is 3.02. The van der Waals surface area contributed by atoms with Crippen LogP contribution in [0.25, 0.3) is 0 Å². The number of carbonyl (C=O) groups excluding carboxylic acids is 2. The molecule has 1 fully saturated rings. The van der Waals surface area contributed by atoms with Crippen LogP contribution in [-0.4, -0.2) is 42.3 Å². The Kier molecular flexibility index (Phi) is 4.09. The van der Waals surface area contributed by atoms with Crippen LogP contribution >= 0.6 is 0 Å². The molecule has 1 saturated heterocycles. The van der Waals surface area contributed by atoms with Gasteiger partial charge in [-0.3, -0.25) is 9.59 Å². The zero-order valence-electron chi connectivity index (χ0n) is 10.2. The van der Waals surface area contributed by atoms with Crippen molar-refractivity contribution in [3.63, 3.8) is 0 Å². The molecule has 0 saturated carbocycles. The van der Waals surface area contributed by atoms with Gasteiger partial charge in [0.05, 0.1) is 13.1 Å². The van der Waals surface area contributed by atoms with Crippen LogP contribution in [0.3, 0.4) is 0 Å². The van der Waals surface area contributed by atoms with E-state index in [2.05, 4.69) is 5.32 Å². The van der Waals surface area contributed by atoms with E-state index in [1.54, 1.807) is 24.3 Å². The first-order chi connectivity index (χ1) is 9.08. The van der Waals surface area contributed by atoms with E-state index in [9.17, 15) is 18.4 Å². The lowest BCUT2D eigenvalue weighted by atomic mass is 10.0. The van der Waals surface area contributed by atoms with Crippen molar-refractivity contribution in [2.75, 3.05) is 13.1 Å². The summed E-state index contributed by atoms with van der Waals surface area (Å²) in [6.45, 7) is -0.916. The molecule has 1 unspecified atom stereocenters. The number of nitrogens with zero attached hydrogens (tertiary/aromatic N) is 1. The predicted molar refractivity (Wildman–Crippen MR) is 64.7 cm³/mol. The third kappa shape index (κ3) is 3.27. The number of hydrogen-bond donors (Lipinski definition) is 1. The summed E-state index contributed by atoms with van der Waals surface area (Å²) in [5.41, 5.74) is 0.830. The zero-order chi connectivity index (χ0) is 13.8. The van der Waals surface area contributed by atoms with Gasteiger partial charge in [-0.25, -0.2) is 8.78 Å². The first-order valence-electron chi connectivity index (χ1n) is 5.97. The fourth-order valence-corrected chi connectivity index (χ4v) is 2.12. The van der Waals surface area contributed by atoms with Crippen molar-refractivity contribution < 1.29 is 18.4 Å². The van der Waals surface area contributed by atoms with Gasteiger partial charge >= 0.3 is 0 Å². The van der Waals surface area contributed by atoms with Crippen molar-refractivity contribution in [3.8, 4) is 0 Å². The van der Waals surface area contributed by atoms with Crippen LogP contribution in [0.4, 0.5) is 8.78 Å². The Hall–Kier alpha value is -1.98. The normalized spacial score (nSPS) is 19.7. The maximum atomic E-state index is 12.5. The number of nitrogens with one attached hydrogen (secondary N) is 1. The molecule has 2 rings (SSSR count). The van der Waals surface area contributed by atoms with Gasteiger partial charge in [0.15, 0.2) is 0 Å². The summed E-state index contributed by atoms with van der Waals surface area (Å²) in [4.78, 5) is 24.4.